The number of nitrogens with zero attached hydrogens (tertiary/aromatic N) is 5. The fourth-order valence-corrected chi connectivity index (χ4v) is 3.59. The van der Waals surface area contributed by atoms with Crippen LogP contribution in [0.1, 0.15) is 19.4 Å². The van der Waals surface area contributed by atoms with E-state index in [1.165, 1.54) is 0 Å². The first-order valence-electron chi connectivity index (χ1n) is 8.38. The van der Waals surface area contributed by atoms with Gasteiger partial charge in [-0.3, -0.25) is 0 Å². The van der Waals surface area contributed by atoms with E-state index in [9.17, 15) is 0 Å². The molecule has 0 aliphatic carbocycles. The quantitative estimate of drug-likeness (QED) is 0.703. The van der Waals surface area contributed by atoms with Gasteiger partial charge in [0.15, 0.2) is 5.65 Å². The van der Waals surface area contributed by atoms with Crippen LogP contribution < -0.4 is 4.90 Å². The fourth-order valence-electron chi connectivity index (χ4n) is 3.42. The summed E-state index contributed by atoms with van der Waals surface area (Å²) in [6.45, 7) is 7.81. The van der Waals surface area contributed by atoms with E-state index in [1.807, 2.05) is 36.0 Å². The first-order chi connectivity index (χ1) is 12.0. The van der Waals surface area contributed by atoms with E-state index >= 15 is 0 Å². The SMILES string of the molecule is Cc1ccc(Cl)cc1-n1ncc2c(N3C[C@@H](C)O[C@H](C)C3)ncnc21. The minimum absolute atomic E-state index is 0.166. The molecule has 0 bridgehead atoms. The topological polar surface area (TPSA) is 56.1 Å². The third-order valence-electron chi connectivity index (χ3n) is 4.46. The monoisotopic (exact) mass is 357 g/mol. The minimum atomic E-state index is 0.166. The Morgan fingerprint density at radius 1 is 1.16 bits per heavy atom. The molecule has 6 nitrogen and oxygen atoms in total. The van der Waals surface area contributed by atoms with Crippen LogP contribution in [-0.2, 0) is 4.74 Å². The molecule has 0 unspecified atom stereocenters. The van der Waals surface area contributed by atoms with Crippen molar-refractivity contribution in [3.8, 4) is 5.69 Å². The summed E-state index contributed by atoms with van der Waals surface area (Å²) in [7, 11) is 0. The van der Waals surface area contributed by atoms with Gasteiger partial charge in [-0.15, -0.1) is 0 Å². The zero-order valence-corrected chi connectivity index (χ0v) is 15.2. The van der Waals surface area contributed by atoms with Crippen molar-refractivity contribution in [2.24, 2.45) is 0 Å². The van der Waals surface area contributed by atoms with Gasteiger partial charge in [0.05, 0.1) is 29.5 Å². The van der Waals surface area contributed by atoms with Crippen molar-refractivity contribution in [3.05, 3.63) is 41.3 Å². The van der Waals surface area contributed by atoms with Crippen LogP contribution in [0, 0.1) is 6.92 Å². The number of ether oxygens (including phenoxy) is 1. The van der Waals surface area contributed by atoms with Crippen LogP contribution in [0.4, 0.5) is 5.82 Å². The van der Waals surface area contributed by atoms with Gasteiger partial charge in [0, 0.05) is 18.1 Å². The van der Waals surface area contributed by atoms with E-state index in [4.69, 9.17) is 16.3 Å². The summed E-state index contributed by atoms with van der Waals surface area (Å²) in [5, 5.41) is 6.17. The van der Waals surface area contributed by atoms with E-state index < -0.39 is 0 Å². The summed E-state index contributed by atoms with van der Waals surface area (Å²) in [4.78, 5) is 11.2. The molecule has 1 fully saturated rings. The van der Waals surface area contributed by atoms with Gasteiger partial charge in [-0.2, -0.15) is 5.10 Å². The van der Waals surface area contributed by atoms with Crippen LogP contribution in [0.5, 0.6) is 0 Å². The average Bonchev–Trinajstić information content (AvgIpc) is 3.00. The van der Waals surface area contributed by atoms with E-state index in [0.717, 1.165) is 41.2 Å². The molecule has 1 aromatic carbocycles. The molecular weight excluding hydrogens is 338 g/mol. The number of hydrogen-bond acceptors (Lipinski definition) is 5. The van der Waals surface area contributed by atoms with Crippen LogP contribution in [-0.4, -0.2) is 45.0 Å². The number of rotatable bonds is 2. The minimum Gasteiger partial charge on any atom is -0.372 e. The summed E-state index contributed by atoms with van der Waals surface area (Å²) >= 11 is 6.17. The molecule has 0 amide bonds. The number of aromatic nitrogens is 4. The molecule has 3 aromatic rings. The lowest BCUT2D eigenvalue weighted by molar-refractivity contribution is -0.00537. The zero-order valence-electron chi connectivity index (χ0n) is 14.5. The Kier molecular flexibility index (Phi) is 4.09. The van der Waals surface area contributed by atoms with Crippen molar-refractivity contribution in [2.75, 3.05) is 18.0 Å². The first kappa shape index (κ1) is 16.3. The molecule has 25 heavy (non-hydrogen) atoms. The number of benzene rings is 1. The van der Waals surface area contributed by atoms with Gasteiger partial charge in [0.2, 0.25) is 0 Å². The first-order valence-corrected chi connectivity index (χ1v) is 8.76. The number of anilines is 1. The normalized spacial score (nSPS) is 21.0. The maximum Gasteiger partial charge on any atom is 0.168 e. The molecule has 4 rings (SSSR count). The largest absolute Gasteiger partial charge is 0.372 e. The molecule has 130 valence electrons. The fraction of sp³-hybridized carbons (Fsp3) is 0.389. The van der Waals surface area contributed by atoms with E-state index in [-0.39, 0.29) is 12.2 Å². The second-order valence-electron chi connectivity index (χ2n) is 6.58. The van der Waals surface area contributed by atoms with Crippen LogP contribution in [0.3, 0.4) is 0 Å². The lowest BCUT2D eigenvalue weighted by atomic mass is 10.2. The lowest BCUT2D eigenvalue weighted by Gasteiger charge is -2.36. The molecule has 1 saturated heterocycles. The molecule has 1 aliphatic rings. The summed E-state index contributed by atoms with van der Waals surface area (Å²) in [5.41, 5.74) is 2.79. The van der Waals surface area contributed by atoms with Crippen LogP contribution in [0.2, 0.25) is 5.02 Å². The summed E-state index contributed by atoms with van der Waals surface area (Å²) in [5.74, 6) is 0.901. The third-order valence-corrected chi connectivity index (χ3v) is 4.70. The van der Waals surface area contributed by atoms with Crippen molar-refractivity contribution >= 4 is 28.5 Å². The number of morpholine rings is 1. The molecule has 0 N–H and O–H groups in total. The molecule has 0 saturated carbocycles. The van der Waals surface area contributed by atoms with Crippen LogP contribution in [0.15, 0.2) is 30.7 Å². The molecule has 1 aliphatic heterocycles. The molecular formula is C18H20ClN5O. The number of halogens is 1. The van der Waals surface area contributed by atoms with Crippen LogP contribution >= 0.6 is 11.6 Å². The molecule has 2 atom stereocenters. The van der Waals surface area contributed by atoms with Gasteiger partial charge in [-0.25, -0.2) is 14.6 Å². The highest BCUT2D eigenvalue weighted by Crippen LogP contribution is 2.28. The van der Waals surface area contributed by atoms with Crippen molar-refractivity contribution in [1.82, 2.24) is 19.7 Å². The van der Waals surface area contributed by atoms with Crippen molar-refractivity contribution in [3.63, 3.8) is 0 Å². The highest BCUT2D eigenvalue weighted by molar-refractivity contribution is 6.30. The maximum absolute atomic E-state index is 6.17. The predicted octanol–water partition coefficient (Wildman–Crippen LogP) is 3.39. The Morgan fingerprint density at radius 2 is 1.92 bits per heavy atom. The van der Waals surface area contributed by atoms with Crippen molar-refractivity contribution in [2.45, 2.75) is 33.0 Å². The Hall–Kier alpha value is -2.18. The van der Waals surface area contributed by atoms with Gasteiger partial charge in [0.25, 0.3) is 0 Å². The van der Waals surface area contributed by atoms with Gasteiger partial charge in [-0.05, 0) is 38.5 Å². The van der Waals surface area contributed by atoms with Gasteiger partial charge in [0.1, 0.15) is 12.1 Å². The predicted molar refractivity (Wildman–Crippen MR) is 98.6 cm³/mol. The van der Waals surface area contributed by atoms with Gasteiger partial charge >= 0.3 is 0 Å². The molecule has 0 radical (unpaired) electrons. The highest BCUT2D eigenvalue weighted by atomic mass is 35.5. The van der Waals surface area contributed by atoms with E-state index in [0.29, 0.717) is 5.02 Å². The third kappa shape index (κ3) is 2.96. The summed E-state index contributed by atoms with van der Waals surface area (Å²) < 4.78 is 7.66. The standard InChI is InChI=1S/C18H20ClN5O/c1-11-4-5-14(19)6-16(11)24-18-15(7-22-24)17(20-10-21-18)23-8-12(2)25-13(3)9-23/h4-7,10,12-13H,8-9H2,1-3H3/t12-,13-/m1/s1. The zero-order chi connectivity index (χ0) is 17.6. The lowest BCUT2D eigenvalue weighted by Crippen LogP contribution is -2.45. The Bertz CT molecular complexity index is 915. The number of fused-ring (bicyclic) bond motifs is 1. The number of hydrogen-bond donors (Lipinski definition) is 0. The van der Waals surface area contributed by atoms with E-state index in [2.05, 4.69) is 33.8 Å². The summed E-state index contributed by atoms with van der Waals surface area (Å²) in [6, 6.07) is 5.77. The average molecular weight is 358 g/mol. The van der Waals surface area contributed by atoms with E-state index in [1.54, 1.807) is 6.33 Å². The molecule has 3 heterocycles. The highest BCUT2D eigenvalue weighted by Gasteiger charge is 2.25. The molecule has 2 aromatic heterocycles. The second kappa shape index (κ2) is 6.28. The molecule has 7 heteroatoms. The molecule has 0 spiro atoms. The Balaban J connectivity index is 1.82. The van der Waals surface area contributed by atoms with Crippen molar-refractivity contribution in [1.29, 1.82) is 0 Å². The Morgan fingerprint density at radius 3 is 2.68 bits per heavy atom. The Labute approximate surface area is 151 Å². The number of aryl methyl sites for hydroxylation is 1. The van der Waals surface area contributed by atoms with Crippen molar-refractivity contribution < 1.29 is 4.74 Å². The van der Waals surface area contributed by atoms with Gasteiger partial charge < -0.3 is 9.64 Å². The smallest absolute Gasteiger partial charge is 0.168 e. The maximum atomic E-state index is 6.17. The van der Waals surface area contributed by atoms with Gasteiger partial charge in [-0.1, -0.05) is 17.7 Å². The second-order valence-corrected chi connectivity index (χ2v) is 7.02. The van der Waals surface area contributed by atoms with Crippen LogP contribution in [0.25, 0.3) is 16.7 Å². The summed E-state index contributed by atoms with van der Waals surface area (Å²) in [6.07, 6.45) is 3.76.